The number of rotatable bonds is 7. The summed E-state index contributed by atoms with van der Waals surface area (Å²) in [6.45, 7) is 6.71. The van der Waals surface area contributed by atoms with Gasteiger partial charge in [-0.15, -0.1) is 0 Å². The van der Waals surface area contributed by atoms with Crippen LogP contribution in [0.5, 0.6) is 0 Å². The van der Waals surface area contributed by atoms with Gasteiger partial charge in [0.1, 0.15) is 5.82 Å². The normalized spacial score (nSPS) is 11.7. The number of hydrogen-bond acceptors (Lipinski definition) is 2. The Morgan fingerprint density at radius 3 is 1.63 bits per heavy atom. The van der Waals surface area contributed by atoms with Crippen LogP contribution < -0.4 is 9.80 Å². The molecule has 0 atom stereocenters. The molecule has 0 spiro atoms. The molecule has 7 rings (SSSR count). The summed E-state index contributed by atoms with van der Waals surface area (Å²) in [5.41, 5.74) is 11.3. The number of nitrogens with zero attached hydrogens (tertiary/aromatic N) is 3. The van der Waals surface area contributed by atoms with Crippen LogP contribution in [0.3, 0.4) is 0 Å². The summed E-state index contributed by atoms with van der Waals surface area (Å²) in [6.07, 6.45) is 0. The zero-order valence-electron chi connectivity index (χ0n) is 27.0. The molecule has 4 heteroatoms. The maximum absolute atomic E-state index is 13.6. The number of hydrogen-bond donors (Lipinski definition) is 0. The molecule has 7 aromatic rings. The van der Waals surface area contributed by atoms with Crippen LogP contribution in [0.2, 0.25) is 0 Å². The predicted octanol–water partition coefficient (Wildman–Crippen LogP) is 11.3. The number of anilines is 5. The van der Waals surface area contributed by atoms with Crippen molar-refractivity contribution >= 4 is 50.2 Å². The van der Waals surface area contributed by atoms with Crippen LogP contribution in [0.25, 0.3) is 21.8 Å². The first-order valence-corrected chi connectivity index (χ1v) is 15.7. The predicted molar refractivity (Wildman–Crippen MR) is 193 cm³/mol. The van der Waals surface area contributed by atoms with Crippen LogP contribution in [0, 0.1) is 12.7 Å². The topological polar surface area (TPSA) is 11.4 Å². The lowest BCUT2D eigenvalue weighted by atomic mass is 9.78. The number of aryl methyl sites for hydroxylation is 2. The van der Waals surface area contributed by atoms with E-state index in [9.17, 15) is 4.39 Å². The molecule has 0 radical (unpaired) electrons. The minimum atomic E-state index is -0.233. The number of para-hydroxylation sites is 1. The highest BCUT2D eigenvalue weighted by Gasteiger charge is 2.24. The minimum absolute atomic E-state index is 0.116. The van der Waals surface area contributed by atoms with E-state index in [1.165, 1.54) is 39.6 Å². The van der Waals surface area contributed by atoms with Gasteiger partial charge in [0, 0.05) is 58.7 Å². The van der Waals surface area contributed by atoms with Gasteiger partial charge in [-0.3, -0.25) is 0 Å². The molecule has 0 aliphatic carbocycles. The maximum atomic E-state index is 13.6. The number of halogens is 1. The number of fused-ring (bicyclic) bond motifs is 3. The second-order valence-electron chi connectivity index (χ2n) is 12.7. The molecule has 0 aliphatic heterocycles. The molecule has 0 bridgehead atoms. The highest BCUT2D eigenvalue weighted by atomic mass is 19.1. The molecule has 0 saturated carbocycles. The Kier molecular flexibility index (Phi) is 7.37. The van der Waals surface area contributed by atoms with Crippen molar-refractivity contribution in [3.63, 3.8) is 0 Å². The zero-order chi connectivity index (χ0) is 32.0. The van der Waals surface area contributed by atoms with E-state index < -0.39 is 0 Å². The lowest BCUT2D eigenvalue weighted by Gasteiger charge is -2.29. The number of benzene rings is 6. The van der Waals surface area contributed by atoms with Crippen LogP contribution in [-0.4, -0.2) is 11.6 Å². The average Bonchev–Trinajstić information content (AvgIpc) is 3.36. The van der Waals surface area contributed by atoms with E-state index in [4.69, 9.17) is 0 Å². The van der Waals surface area contributed by atoms with Crippen molar-refractivity contribution in [1.29, 1.82) is 0 Å². The van der Waals surface area contributed by atoms with E-state index in [1.807, 2.05) is 19.2 Å². The molecule has 0 saturated heterocycles. The van der Waals surface area contributed by atoms with Gasteiger partial charge in [0.2, 0.25) is 0 Å². The summed E-state index contributed by atoms with van der Waals surface area (Å²) in [4.78, 5) is 4.41. The smallest absolute Gasteiger partial charge is 0.123 e. The van der Waals surface area contributed by atoms with Crippen molar-refractivity contribution in [2.45, 2.75) is 26.2 Å². The third-order valence-electron chi connectivity index (χ3n) is 9.47. The van der Waals surface area contributed by atoms with Gasteiger partial charge in [0.25, 0.3) is 0 Å². The summed E-state index contributed by atoms with van der Waals surface area (Å²) in [5.74, 6) is -0.233. The first-order valence-electron chi connectivity index (χ1n) is 15.7. The molecule has 6 aromatic carbocycles. The average molecular weight is 604 g/mol. The first kappa shape index (κ1) is 29.4. The fourth-order valence-corrected chi connectivity index (χ4v) is 6.53. The molecule has 1 heterocycles. The molecular formula is C42H38FN3. The highest BCUT2D eigenvalue weighted by Crippen LogP contribution is 2.40. The fourth-order valence-electron chi connectivity index (χ4n) is 6.53. The summed E-state index contributed by atoms with van der Waals surface area (Å²) >= 11 is 0. The van der Waals surface area contributed by atoms with Crippen molar-refractivity contribution in [2.75, 3.05) is 16.8 Å². The number of aromatic nitrogens is 1. The Bertz CT molecular complexity index is 2140. The summed E-state index contributed by atoms with van der Waals surface area (Å²) < 4.78 is 15.8. The summed E-state index contributed by atoms with van der Waals surface area (Å²) in [7, 11) is 4.14. The minimum Gasteiger partial charge on any atom is -0.345 e. The zero-order valence-corrected chi connectivity index (χ0v) is 27.0. The van der Waals surface area contributed by atoms with Gasteiger partial charge in [0.15, 0.2) is 0 Å². The molecular weight excluding hydrogens is 565 g/mol. The van der Waals surface area contributed by atoms with Gasteiger partial charge in [-0.1, -0.05) is 86.1 Å². The molecule has 0 unspecified atom stereocenters. The molecule has 1 aromatic heterocycles. The third kappa shape index (κ3) is 5.20. The Hall–Kier alpha value is -5.35. The van der Waals surface area contributed by atoms with Crippen LogP contribution in [0.4, 0.5) is 32.8 Å². The van der Waals surface area contributed by atoms with Crippen LogP contribution in [-0.2, 0) is 12.5 Å². The van der Waals surface area contributed by atoms with E-state index in [2.05, 4.69) is 157 Å². The monoisotopic (exact) mass is 603 g/mol. The van der Waals surface area contributed by atoms with Crippen LogP contribution >= 0.6 is 0 Å². The Labute approximate surface area is 270 Å². The van der Waals surface area contributed by atoms with Crippen molar-refractivity contribution in [3.05, 3.63) is 162 Å². The molecule has 46 heavy (non-hydrogen) atoms. The Morgan fingerprint density at radius 2 is 1.02 bits per heavy atom. The third-order valence-corrected chi connectivity index (χ3v) is 9.47. The van der Waals surface area contributed by atoms with Crippen molar-refractivity contribution in [3.8, 4) is 0 Å². The largest absolute Gasteiger partial charge is 0.345 e. The second kappa shape index (κ2) is 11.5. The van der Waals surface area contributed by atoms with Gasteiger partial charge in [-0.25, -0.2) is 4.39 Å². The van der Waals surface area contributed by atoms with Crippen LogP contribution in [0.1, 0.15) is 30.5 Å². The van der Waals surface area contributed by atoms with Crippen molar-refractivity contribution in [1.82, 2.24) is 4.57 Å². The molecule has 0 aliphatic rings. The van der Waals surface area contributed by atoms with Gasteiger partial charge < -0.3 is 14.4 Å². The van der Waals surface area contributed by atoms with E-state index >= 15 is 0 Å². The molecule has 0 N–H and O–H groups in total. The second-order valence-corrected chi connectivity index (χ2v) is 12.7. The highest BCUT2D eigenvalue weighted by molar-refractivity contribution is 6.10. The molecule has 3 nitrogen and oxygen atoms in total. The molecule has 0 fully saturated rings. The van der Waals surface area contributed by atoms with Gasteiger partial charge >= 0.3 is 0 Å². The van der Waals surface area contributed by atoms with E-state index in [0.717, 1.165) is 39.5 Å². The van der Waals surface area contributed by atoms with Gasteiger partial charge in [0.05, 0.1) is 11.0 Å². The SMILES string of the molecule is Cc1ccc(C(C)(C)c2ccc(N(c3ccccc3)c3ccc4c5ccc(N(C)c6ccc(F)cc6)cc5n(C)c4c3)cc2)cc1. The lowest BCUT2D eigenvalue weighted by Crippen LogP contribution is -2.19. The maximum Gasteiger partial charge on any atom is 0.123 e. The quantitative estimate of drug-likeness (QED) is 0.180. The molecule has 228 valence electrons. The lowest BCUT2D eigenvalue weighted by molar-refractivity contribution is 0.628. The van der Waals surface area contributed by atoms with E-state index in [0.29, 0.717) is 0 Å². The van der Waals surface area contributed by atoms with E-state index in [-0.39, 0.29) is 11.2 Å². The first-order chi connectivity index (χ1) is 22.2. The van der Waals surface area contributed by atoms with Crippen molar-refractivity contribution in [2.24, 2.45) is 7.05 Å². The Morgan fingerprint density at radius 1 is 0.543 bits per heavy atom. The van der Waals surface area contributed by atoms with Crippen LogP contribution in [0.15, 0.2) is 140 Å². The standard InChI is InChI=1S/C42H38FN3/c1-29-11-13-30(14-12-29)42(2,3)31-15-19-35(20-16-31)46(34-9-7-6-8-10-34)37-24-26-39-38-25-23-36(27-40(38)45(5)41(39)28-37)44(4)33-21-17-32(43)18-22-33/h6-28H,1-5H3. The van der Waals surface area contributed by atoms with E-state index in [1.54, 1.807) is 0 Å². The van der Waals surface area contributed by atoms with Gasteiger partial charge in [-0.2, -0.15) is 0 Å². The summed E-state index contributed by atoms with van der Waals surface area (Å²) in [5, 5.41) is 2.41. The van der Waals surface area contributed by atoms with Crippen molar-refractivity contribution < 1.29 is 4.39 Å². The molecule has 0 amide bonds. The van der Waals surface area contributed by atoms with Gasteiger partial charge in [-0.05, 0) is 90.8 Å². The fraction of sp³-hybridized carbons (Fsp3) is 0.143. The summed E-state index contributed by atoms with van der Waals surface area (Å²) in [6, 6.07) is 48.3. The Balaban J connectivity index is 1.29.